The van der Waals surface area contributed by atoms with Crippen LogP contribution in [-0.2, 0) is 11.2 Å². The van der Waals surface area contributed by atoms with Crippen LogP contribution in [0.5, 0.6) is 5.75 Å². The number of amidine groups is 1. The van der Waals surface area contributed by atoms with Gasteiger partial charge < -0.3 is 20.9 Å². The van der Waals surface area contributed by atoms with Crippen LogP contribution in [0, 0.1) is 5.41 Å². The molecule has 0 bridgehead atoms. The fourth-order valence-electron chi connectivity index (χ4n) is 3.81. The average molecular weight is 424 g/mol. The first-order valence-electron chi connectivity index (χ1n) is 10.1. The fourth-order valence-corrected chi connectivity index (χ4v) is 4.90. The van der Waals surface area contributed by atoms with Crippen LogP contribution >= 0.6 is 11.3 Å². The number of hydrogen-bond acceptors (Lipinski definition) is 5. The molecule has 2 aromatic carbocycles. The molecule has 2 atom stereocenters. The Hall–Kier alpha value is -2.90. The standard InChI is InChI=1S/C23H25N3O3S/c24-22(25)15-5-8-21-16(10-15)11-19(30-21)12-20(23(27)28)14-3-6-18(7-4-14)29-13-17-2-1-9-26-17/h3-8,10-11,17,20,26H,1-2,9,12-13H2,(H3,24,25)(H,27,28)/t17-,20?/m0/s1. The van der Waals surface area contributed by atoms with Crippen LogP contribution in [-0.4, -0.2) is 36.1 Å². The van der Waals surface area contributed by atoms with E-state index in [4.69, 9.17) is 15.9 Å². The van der Waals surface area contributed by atoms with Crippen LogP contribution in [0.25, 0.3) is 10.1 Å². The van der Waals surface area contributed by atoms with Gasteiger partial charge in [-0.15, -0.1) is 11.3 Å². The van der Waals surface area contributed by atoms with Gasteiger partial charge in [-0.2, -0.15) is 0 Å². The van der Waals surface area contributed by atoms with E-state index >= 15 is 0 Å². The number of nitrogens with two attached hydrogens (primary N) is 1. The average Bonchev–Trinajstić information content (AvgIpc) is 3.39. The highest BCUT2D eigenvalue weighted by atomic mass is 32.1. The molecular weight excluding hydrogens is 398 g/mol. The van der Waals surface area contributed by atoms with Gasteiger partial charge in [0.25, 0.3) is 0 Å². The Morgan fingerprint density at radius 2 is 2.07 bits per heavy atom. The molecule has 0 amide bonds. The molecule has 3 aromatic rings. The van der Waals surface area contributed by atoms with Crippen LogP contribution in [0.4, 0.5) is 0 Å². The van der Waals surface area contributed by atoms with E-state index in [0.29, 0.717) is 24.6 Å². The van der Waals surface area contributed by atoms with Gasteiger partial charge in [-0.1, -0.05) is 12.1 Å². The van der Waals surface area contributed by atoms with Crippen molar-refractivity contribution >= 4 is 33.2 Å². The quantitative estimate of drug-likeness (QED) is 0.326. The first kappa shape index (κ1) is 20.4. The predicted molar refractivity (Wildman–Crippen MR) is 120 cm³/mol. The summed E-state index contributed by atoms with van der Waals surface area (Å²) >= 11 is 1.58. The summed E-state index contributed by atoms with van der Waals surface area (Å²) in [6.45, 7) is 1.67. The lowest BCUT2D eigenvalue weighted by Crippen LogP contribution is -2.28. The van der Waals surface area contributed by atoms with Crippen LogP contribution in [0.3, 0.4) is 0 Å². The summed E-state index contributed by atoms with van der Waals surface area (Å²) in [5.74, 6) is -0.689. The van der Waals surface area contributed by atoms with Gasteiger partial charge >= 0.3 is 5.97 Å². The summed E-state index contributed by atoms with van der Waals surface area (Å²) in [6, 6.07) is 15.4. The molecule has 4 rings (SSSR count). The van der Waals surface area contributed by atoms with Gasteiger partial charge in [-0.3, -0.25) is 10.2 Å². The Morgan fingerprint density at radius 1 is 1.27 bits per heavy atom. The highest BCUT2D eigenvalue weighted by molar-refractivity contribution is 7.19. The van der Waals surface area contributed by atoms with Crippen molar-refractivity contribution in [1.29, 1.82) is 5.41 Å². The summed E-state index contributed by atoms with van der Waals surface area (Å²) in [5.41, 5.74) is 7.00. The zero-order chi connectivity index (χ0) is 21.1. The summed E-state index contributed by atoms with van der Waals surface area (Å²) in [7, 11) is 0. The van der Waals surface area contributed by atoms with E-state index in [-0.39, 0.29) is 5.84 Å². The van der Waals surface area contributed by atoms with Crippen molar-refractivity contribution in [2.75, 3.05) is 13.2 Å². The summed E-state index contributed by atoms with van der Waals surface area (Å²) in [4.78, 5) is 13.0. The fraction of sp³-hybridized carbons (Fsp3) is 0.304. The highest BCUT2D eigenvalue weighted by Crippen LogP contribution is 2.31. The lowest BCUT2D eigenvalue weighted by Gasteiger charge is -2.14. The van der Waals surface area contributed by atoms with Gasteiger partial charge in [0.05, 0.1) is 5.92 Å². The molecule has 30 heavy (non-hydrogen) atoms. The first-order chi connectivity index (χ1) is 14.5. The van der Waals surface area contributed by atoms with E-state index < -0.39 is 11.9 Å². The number of nitrogen functional groups attached to an aromatic ring is 1. The third kappa shape index (κ3) is 4.63. The maximum absolute atomic E-state index is 12.0. The number of hydrogen-bond donors (Lipinski definition) is 4. The van der Waals surface area contributed by atoms with Crippen molar-refractivity contribution < 1.29 is 14.6 Å². The maximum Gasteiger partial charge on any atom is 0.311 e. The molecule has 5 N–H and O–H groups in total. The lowest BCUT2D eigenvalue weighted by molar-refractivity contribution is -0.138. The third-order valence-electron chi connectivity index (χ3n) is 5.48. The van der Waals surface area contributed by atoms with E-state index in [0.717, 1.165) is 39.2 Å². The van der Waals surface area contributed by atoms with E-state index in [9.17, 15) is 9.90 Å². The minimum atomic E-state index is -0.847. The number of carboxylic acids is 1. The summed E-state index contributed by atoms with van der Waals surface area (Å²) < 4.78 is 6.90. The third-order valence-corrected chi connectivity index (χ3v) is 6.62. The minimum absolute atomic E-state index is 0.0269. The molecule has 2 heterocycles. The van der Waals surface area contributed by atoms with Crippen molar-refractivity contribution in [3.63, 3.8) is 0 Å². The number of ether oxygens (including phenoxy) is 1. The van der Waals surface area contributed by atoms with Gasteiger partial charge in [-0.05, 0) is 73.2 Å². The number of rotatable bonds is 8. The molecule has 0 spiro atoms. The normalized spacial score (nSPS) is 17.1. The lowest BCUT2D eigenvalue weighted by atomic mass is 9.95. The Labute approximate surface area is 179 Å². The molecule has 1 unspecified atom stereocenters. The Balaban J connectivity index is 1.47. The Morgan fingerprint density at radius 3 is 2.73 bits per heavy atom. The Kier molecular flexibility index (Phi) is 6.01. The smallest absolute Gasteiger partial charge is 0.311 e. The van der Waals surface area contributed by atoms with Crippen LogP contribution in [0.2, 0.25) is 0 Å². The second-order valence-electron chi connectivity index (χ2n) is 7.65. The molecule has 6 nitrogen and oxygen atoms in total. The van der Waals surface area contributed by atoms with E-state index in [1.807, 2.05) is 48.5 Å². The number of aliphatic carboxylic acids is 1. The van der Waals surface area contributed by atoms with E-state index in [1.54, 1.807) is 11.3 Å². The molecule has 7 heteroatoms. The molecule has 1 saturated heterocycles. The molecule has 0 aliphatic carbocycles. The molecule has 156 valence electrons. The summed E-state index contributed by atoms with van der Waals surface area (Å²) in [5, 5.41) is 21.8. The second-order valence-corrected chi connectivity index (χ2v) is 8.82. The number of nitrogens with one attached hydrogen (secondary N) is 2. The summed E-state index contributed by atoms with van der Waals surface area (Å²) in [6.07, 6.45) is 2.72. The molecule has 0 radical (unpaired) electrons. The van der Waals surface area contributed by atoms with Gasteiger partial charge in [-0.25, -0.2) is 0 Å². The number of carbonyl (C=O) groups is 1. The van der Waals surface area contributed by atoms with Crippen LogP contribution < -0.4 is 15.8 Å². The van der Waals surface area contributed by atoms with Gasteiger partial charge in [0.15, 0.2) is 0 Å². The van der Waals surface area contributed by atoms with Crippen LogP contribution in [0.15, 0.2) is 48.5 Å². The zero-order valence-corrected chi connectivity index (χ0v) is 17.4. The molecule has 1 aliphatic heterocycles. The molecule has 1 aliphatic rings. The monoisotopic (exact) mass is 423 g/mol. The largest absolute Gasteiger partial charge is 0.492 e. The first-order valence-corrected chi connectivity index (χ1v) is 10.9. The number of benzene rings is 2. The molecular formula is C23H25N3O3S. The SMILES string of the molecule is N=C(N)c1ccc2sc(CC(C(=O)O)c3ccc(OC[C@@H]4CCCN4)cc3)cc2c1. The minimum Gasteiger partial charge on any atom is -0.492 e. The molecule has 0 saturated carbocycles. The van der Waals surface area contributed by atoms with Gasteiger partial charge in [0, 0.05) is 21.2 Å². The van der Waals surface area contributed by atoms with Gasteiger partial charge in [0.2, 0.25) is 0 Å². The van der Waals surface area contributed by atoms with Crippen molar-refractivity contribution in [3.8, 4) is 5.75 Å². The number of thiophene rings is 1. The maximum atomic E-state index is 12.0. The van der Waals surface area contributed by atoms with Crippen LogP contribution in [0.1, 0.15) is 34.8 Å². The number of carboxylic acid groups (broad SMARTS) is 1. The van der Waals surface area contributed by atoms with E-state index in [2.05, 4.69) is 5.32 Å². The Bertz CT molecular complexity index is 1060. The zero-order valence-electron chi connectivity index (χ0n) is 16.6. The van der Waals surface area contributed by atoms with Crippen molar-refractivity contribution in [3.05, 3.63) is 64.5 Å². The number of fused-ring (bicyclic) bond motifs is 1. The molecule has 1 fully saturated rings. The van der Waals surface area contributed by atoms with Crippen molar-refractivity contribution in [2.24, 2.45) is 5.73 Å². The van der Waals surface area contributed by atoms with Crippen molar-refractivity contribution in [2.45, 2.75) is 31.2 Å². The highest BCUT2D eigenvalue weighted by Gasteiger charge is 2.22. The van der Waals surface area contributed by atoms with E-state index in [1.165, 1.54) is 6.42 Å². The predicted octanol–water partition coefficient (Wildman–Crippen LogP) is 3.73. The molecule has 1 aromatic heterocycles. The second kappa shape index (κ2) is 8.85. The van der Waals surface area contributed by atoms with Crippen molar-refractivity contribution in [1.82, 2.24) is 5.32 Å². The van der Waals surface area contributed by atoms with Gasteiger partial charge in [0.1, 0.15) is 18.2 Å². The topological polar surface area (TPSA) is 108 Å².